The second-order valence-corrected chi connectivity index (χ2v) is 8.27. The van der Waals surface area contributed by atoms with Crippen LogP contribution >= 0.6 is 0 Å². The highest BCUT2D eigenvalue weighted by molar-refractivity contribution is 7.89. The maximum atomic E-state index is 12.1. The number of esters is 1. The minimum absolute atomic E-state index is 0.0598. The van der Waals surface area contributed by atoms with Gasteiger partial charge in [-0.15, -0.1) is 0 Å². The Morgan fingerprint density at radius 3 is 2.41 bits per heavy atom. The molecule has 27 heavy (non-hydrogen) atoms. The van der Waals surface area contributed by atoms with Crippen LogP contribution in [-0.2, 0) is 24.4 Å². The fourth-order valence-corrected chi connectivity index (χ4v) is 3.40. The number of nitrogens with zero attached hydrogens (tertiary/aromatic N) is 2. The largest absolute Gasteiger partial charge is 0.452 e. The lowest BCUT2D eigenvalue weighted by Crippen LogP contribution is -2.48. The number of benzene rings is 1. The summed E-state index contributed by atoms with van der Waals surface area (Å²) in [6.45, 7) is 1.11. The molecule has 1 amide bonds. The van der Waals surface area contributed by atoms with E-state index < -0.39 is 34.0 Å². The number of sulfonamides is 1. The van der Waals surface area contributed by atoms with Crippen LogP contribution in [0.4, 0.5) is 0 Å². The lowest BCUT2D eigenvalue weighted by Gasteiger charge is -2.22. The van der Waals surface area contributed by atoms with E-state index in [9.17, 15) is 23.3 Å². The van der Waals surface area contributed by atoms with Crippen molar-refractivity contribution in [1.29, 1.82) is 5.26 Å². The van der Waals surface area contributed by atoms with Crippen molar-refractivity contribution in [2.24, 2.45) is 5.92 Å². The van der Waals surface area contributed by atoms with Crippen molar-refractivity contribution in [3.05, 3.63) is 29.8 Å². The molecule has 9 nitrogen and oxygen atoms in total. The van der Waals surface area contributed by atoms with Crippen LogP contribution in [-0.4, -0.2) is 51.1 Å². The molecule has 1 aromatic carbocycles. The van der Waals surface area contributed by atoms with E-state index in [4.69, 9.17) is 4.74 Å². The van der Waals surface area contributed by atoms with Crippen molar-refractivity contribution in [2.45, 2.75) is 30.2 Å². The maximum absolute atomic E-state index is 12.1. The highest BCUT2D eigenvalue weighted by Crippen LogP contribution is 2.39. The number of nitriles is 1. The molecule has 146 valence electrons. The van der Waals surface area contributed by atoms with E-state index in [2.05, 4.69) is 16.2 Å². The van der Waals surface area contributed by atoms with Gasteiger partial charge < -0.3 is 10.1 Å². The van der Waals surface area contributed by atoms with E-state index in [0.29, 0.717) is 4.47 Å². The van der Waals surface area contributed by atoms with E-state index in [-0.39, 0.29) is 16.4 Å². The first-order valence-corrected chi connectivity index (χ1v) is 9.60. The number of hydroxylamine groups is 1. The predicted octanol–water partition coefficient (Wildman–Crippen LogP) is 0.834. The van der Waals surface area contributed by atoms with E-state index in [1.54, 1.807) is 6.92 Å². The van der Waals surface area contributed by atoms with Gasteiger partial charge in [0.1, 0.15) is 5.54 Å². The molecule has 1 atom stereocenters. The van der Waals surface area contributed by atoms with Gasteiger partial charge in [0.05, 0.1) is 23.6 Å². The predicted molar refractivity (Wildman–Crippen MR) is 93.6 cm³/mol. The quantitative estimate of drug-likeness (QED) is 0.510. The van der Waals surface area contributed by atoms with Gasteiger partial charge in [0.2, 0.25) is 0 Å². The van der Waals surface area contributed by atoms with Gasteiger partial charge >= 0.3 is 5.97 Å². The topological polar surface area (TPSA) is 126 Å². The molecule has 1 fully saturated rings. The zero-order valence-electron chi connectivity index (χ0n) is 15.3. The molecular formula is C17H21N3O6S. The molecule has 1 aromatic rings. The molecule has 0 spiro atoms. The van der Waals surface area contributed by atoms with Gasteiger partial charge in [-0.3, -0.25) is 9.63 Å². The van der Waals surface area contributed by atoms with Gasteiger partial charge in [-0.05, 0) is 49.9 Å². The third-order valence-electron chi connectivity index (χ3n) is 4.34. The van der Waals surface area contributed by atoms with E-state index >= 15 is 0 Å². The first-order valence-electron chi connectivity index (χ1n) is 8.16. The monoisotopic (exact) mass is 395 g/mol. The molecule has 0 unspecified atom stereocenters. The number of hydrogen-bond acceptors (Lipinski definition) is 7. The molecule has 2 rings (SSSR count). The minimum Gasteiger partial charge on any atom is -0.452 e. The Bertz CT molecular complexity index is 858. The Morgan fingerprint density at radius 1 is 1.33 bits per heavy atom. The van der Waals surface area contributed by atoms with Gasteiger partial charge in [0.15, 0.2) is 6.61 Å². The molecule has 0 radical (unpaired) electrons. The maximum Gasteiger partial charge on any atom is 0.338 e. The number of amides is 1. The van der Waals surface area contributed by atoms with Crippen molar-refractivity contribution in [3.63, 3.8) is 0 Å². The van der Waals surface area contributed by atoms with Crippen molar-refractivity contribution >= 4 is 21.9 Å². The lowest BCUT2D eigenvalue weighted by molar-refractivity contribution is -0.125. The molecule has 1 saturated carbocycles. The third-order valence-corrected chi connectivity index (χ3v) is 6.04. The Hall–Kier alpha value is -2.48. The SMILES string of the molecule is CON(C)S(=O)(=O)c1ccc(C(=O)OCC(=O)N[C@](C)(C#N)C2CC2)cc1. The van der Waals surface area contributed by atoms with Gasteiger partial charge in [0, 0.05) is 7.05 Å². The fourth-order valence-electron chi connectivity index (χ4n) is 2.43. The average Bonchev–Trinajstić information content (AvgIpc) is 3.51. The summed E-state index contributed by atoms with van der Waals surface area (Å²) in [7, 11) is -1.36. The first-order chi connectivity index (χ1) is 12.6. The smallest absolute Gasteiger partial charge is 0.338 e. The summed E-state index contributed by atoms with van der Waals surface area (Å²) in [5, 5.41) is 11.8. The molecular weight excluding hydrogens is 374 g/mol. The third kappa shape index (κ3) is 4.82. The fraction of sp³-hybridized carbons (Fsp3) is 0.471. The van der Waals surface area contributed by atoms with Crippen LogP contribution in [0.5, 0.6) is 0 Å². The van der Waals surface area contributed by atoms with Crippen molar-refractivity contribution < 1.29 is 27.6 Å². The number of carbonyl (C=O) groups is 2. The van der Waals surface area contributed by atoms with Gasteiger partial charge in [-0.2, -0.15) is 5.26 Å². The minimum atomic E-state index is -3.82. The summed E-state index contributed by atoms with van der Waals surface area (Å²) in [5.74, 6) is -1.23. The summed E-state index contributed by atoms with van der Waals surface area (Å²) < 4.78 is 29.8. The van der Waals surface area contributed by atoms with Crippen LogP contribution in [0.2, 0.25) is 0 Å². The van der Waals surface area contributed by atoms with E-state index in [1.807, 2.05) is 0 Å². The van der Waals surface area contributed by atoms with Crippen molar-refractivity contribution in [3.8, 4) is 6.07 Å². The molecule has 1 aliphatic rings. The number of carbonyl (C=O) groups excluding carboxylic acids is 2. The molecule has 0 aliphatic heterocycles. The highest BCUT2D eigenvalue weighted by atomic mass is 32.2. The number of ether oxygens (including phenoxy) is 1. The van der Waals surface area contributed by atoms with Crippen LogP contribution in [0.1, 0.15) is 30.1 Å². The molecule has 0 saturated heterocycles. The summed E-state index contributed by atoms with van der Waals surface area (Å²) in [6.07, 6.45) is 1.75. The van der Waals surface area contributed by atoms with Gasteiger partial charge in [0.25, 0.3) is 15.9 Å². The zero-order chi connectivity index (χ0) is 20.2. The number of nitrogens with one attached hydrogen (secondary N) is 1. The van der Waals surface area contributed by atoms with Crippen LogP contribution < -0.4 is 5.32 Å². The summed E-state index contributed by atoms with van der Waals surface area (Å²) in [6, 6.07) is 7.11. The highest BCUT2D eigenvalue weighted by Gasteiger charge is 2.43. The van der Waals surface area contributed by atoms with Gasteiger partial charge in [-0.25, -0.2) is 13.2 Å². The Labute approximate surface area is 157 Å². The zero-order valence-corrected chi connectivity index (χ0v) is 16.1. The molecule has 1 N–H and O–H groups in total. The second kappa shape index (κ2) is 8.04. The van der Waals surface area contributed by atoms with Crippen LogP contribution in [0, 0.1) is 17.2 Å². The van der Waals surface area contributed by atoms with Crippen molar-refractivity contribution in [2.75, 3.05) is 20.8 Å². The molecule has 1 aliphatic carbocycles. The summed E-state index contributed by atoms with van der Waals surface area (Å²) in [4.78, 5) is 28.6. The number of rotatable bonds is 8. The molecule has 10 heteroatoms. The average molecular weight is 395 g/mol. The van der Waals surface area contributed by atoms with Crippen LogP contribution in [0.3, 0.4) is 0 Å². The standard InChI is InChI=1S/C17H21N3O6S/c1-17(11-18,13-6-7-13)19-15(21)10-26-16(22)12-4-8-14(9-5-12)27(23,24)20(2)25-3/h4-5,8-9,13H,6-7,10H2,1-3H3,(H,19,21)/t17-/m1/s1. The van der Waals surface area contributed by atoms with E-state index in [1.165, 1.54) is 38.4 Å². The Balaban J connectivity index is 1.95. The summed E-state index contributed by atoms with van der Waals surface area (Å²) >= 11 is 0. The summed E-state index contributed by atoms with van der Waals surface area (Å²) in [5.41, 5.74) is -0.876. The van der Waals surface area contributed by atoms with Crippen LogP contribution in [0.25, 0.3) is 0 Å². The van der Waals surface area contributed by atoms with E-state index in [0.717, 1.165) is 12.8 Å². The van der Waals surface area contributed by atoms with Gasteiger partial charge in [-0.1, -0.05) is 4.47 Å². The first kappa shape index (κ1) is 20.8. The lowest BCUT2D eigenvalue weighted by atomic mass is 9.98. The number of hydrogen-bond donors (Lipinski definition) is 1. The Kier molecular flexibility index (Phi) is 6.20. The molecule has 0 heterocycles. The van der Waals surface area contributed by atoms with Crippen LogP contribution in [0.15, 0.2) is 29.2 Å². The van der Waals surface area contributed by atoms with Crippen molar-refractivity contribution in [1.82, 2.24) is 9.79 Å². The Morgan fingerprint density at radius 2 is 1.93 bits per heavy atom. The second-order valence-electron chi connectivity index (χ2n) is 6.33. The molecule has 0 bridgehead atoms. The molecule has 0 aromatic heterocycles. The normalized spacial score (nSPS) is 16.3.